The van der Waals surface area contributed by atoms with Gasteiger partial charge in [-0.2, -0.15) is 0 Å². The number of terminal acetylenes is 1. The summed E-state index contributed by atoms with van der Waals surface area (Å²) in [4.78, 5) is 0. The van der Waals surface area contributed by atoms with E-state index >= 15 is 0 Å². The van der Waals surface area contributed by atoms with Crippen LogP contribution in [0.25, 0.3) is 0 Å². The van der Waals surface area contributed by atoms with E-state index in [1.165, 1.54) is 0 Å². The number of ether oxygens (including phenoxy) is 1. The molecule has 0 heterocycles. The third-order valence-electron chi connectivity index (χ3n) is 1.04. The first-order valence-corrected chi connectivity index (χ1v) is 3.08. The molecule has 0 saturated heterocycles. The number of rotatable bonds is 4. The minimum absolute atomic E-state index is 0.137. The van der Waals surface area contributed by atoms with Crippen LogP contribution in [0.4, 0.5) is 0 Å². The van der Waals surface area contributed by atoms with Gasteiger partial charge in [-0.3, -0.25) is 0 Å². The van der Waals surface area contributed by atoms with E-state index in [0.717, 1.165) is 6.42 Å². The Morgan fingerprint density at radius 2 is 2.44 bits per heavy atom. The van der Waals surface area contributed by atoms with Gasteiger partial charge in [0.1, 0.15) is 6.61 Å². The van der Waals surface area contributed by atoms with Crippen LogP contribution in [0.5, 0.6) is 0 Å². The predicted molar refractivity (Wildman–Crippen MR) is 37.9 cm³/mol. The summed E-state index contributed by atoms with van der Waals surface area (Å²) < 4.78 is 4.97. The fraction of sp³-hybridized carbons (Fsp3) is 0.714. The average Bonchev–Trinajstić information content (AvgIpc) is 1.89. The third kappa shape index (κ3) is 5.35. The summed E-state index contributed by atoms with van der Waals surface area (Å²) in [6.07, 6.45) is 5.88. The second kappa shape index (κ2) is 5.61. The minimum atomic E-state index is 0.137. The van der Waals surface area contributed by atoms with Crippen molar-refractivity contribution < 1.29 is 4.74 Å². The Bertz CT molecular complexity index is 95.6. The van der Waals surface area contributed by atoms with Gasteiger partial charge in [0.25, 0.3) is 0 Å². The van der Waals surface area contributed by atoms with Crippen LogP contribution in [0.1, 0.15) is 13.3 Å². The number of nitrogens with two attached hydrogens (primary N) is 1. The van der Waals surface area contributed by atoms with Crippen LogP contribution >= 0.6 is 0 Å². The molecule has 0 radical (unpaired) electrons. The molecule has 0 bridgehead atoms. The summed E-state index contributed by atoms with van der Waals surface area (Å²) in [5.41, 5.74) is 5.52. The Morgan fingerprint density at radius 1 is 1.78 bits per heavy atom. The molecule has 0 aromatic heterocycles. The molecule has 0 spiro atoms. The van der Waals surface area contributed by atoms with Crippen molar-refractivity contribution in [2.75, 3.05) is 13.2 Å². The summed E-state index contributed by atoms with van der Waals surface area (Å²) >= 11 is 0. The lowest BCUT2D eigenvalue weighted by atomic mass is 10.3. The highest BCUT2D eigenvalue weighted by Gasteiger charge is 1.95. The van der Waals surface area contributed by atoms with Gasteiger partial charge in [-0.05, 0) is 6.42 Å². The monoisotopic (exact) mass is 127 g/mol. The second-order valence-electron chi connectivity index (χ2n) is 1.89. The average molecular weight is 127 g/mol. The van der Waals surface area contributed by atoms with Gasteiger partial charge in [0, 0.05) is 6.04 Å². The molecular formula is C7H13NO. The minimum Gasteiger partial charge on any atom is -0.367 e. The van der Waals surface area contributed by atoms with E-state index in [1.807, 2.05) is 6.92 Å². The maximum atomic E-state index is 5.52. The van der Waals surface area contributed by atoms with Crippen molar-refractivity contribution in [2.45, 2.75) is 19.4 Å². The maximum absolute atomic E-state index is 5.52. The highest BCUT2D eigenvalue weighted by Crippen LogP contribution is 1.85. The molecular weight excluding hydrogens is 114 g/mol. The molecule has 52 valence electrons. The van der Waals surface area contributed by atoms with Gasteiger partial charge in [-0.25, -0.2) is 0 Å². The van der Waals surface area contributed by atoms with Crippen LogP contribution < -0.4 is 5.73 Å². The Labute approximate surface area is 56.4 Å². The van der Waals surface area contributed by atoms with Gasteiger partial charge in [0.05, 0.1) is 6.61 Å². The fourth-order valence-electron chi connectivity index (χ4n) is 0.387. The van der Waals surface area contributed by atoms with Crippen LogP contribution in [-0.4, -0.2) is 19.3 Å². The van der Waals surface area contributed by atoms with E-state index in [-0.39, 0.29) is 6.04 Å². The smallest absolute Gasteiger partial charge is 0.107 e. The van der Waals surface area contributed by atoms with Crippen LogP contribution in [0.2, 0.25) is 0 Å². The first-order chi connectivity index (χ1) is 4.31. The molecule has 0 saturated carbocycles. The molecule has 1 atom stereocenters. The molecule has 1 unspecified atom stereocenters. The van der Waals surface area contributed by atoms with E-state index in [1.54, 1.807) is 0 Å². The topological polar surface area (TPSA) is 35.2 Å². The Balaban J connectivity index is 2.99. The Kier molecular flexibility index (Phi) is 5.29. The SMILES string of the molecule is C#CCOCC(N)CC. The van der Waals surface area contributed by atoms with E-state index in [2.05, 4.69) is 5.92 Å². The van der Waals surface area contributed by atoms with Crippen molar-refractivity contribution in [3.8, 4) is 12.3 Å². The van der Waals surface area contributed by atoms with Crippen molar-refractivity contribution in [3.63, 3.8) is 0 Å². The van der Waals surface area contributed by atoms with Crippen molar-refractivity contribution in [1.29, 1.82) is 0 Å². The highest BCUT2D eigenvalue weighted by atomic mass is 16.5. The largest absolute Gasteiger partial charge is 0.367 e. The lowest BCUT2D eigenvalue weighted by Gasteiger charge is -2.06. The molecule has 2 heteroatoms. The molecule has 9 heavy (non-hydrogen) atoms. The molecule has 2 nitrogen and oxygen atoms in total. The van der Waals surface area contributed by atoms with Crippen molar-refractivity contribution in [2.24, 2.45) is 5.73 Å². The van der Waals surface area contributed by atoms with Gasteiger partial charge in [-0.1, -0.05) is 12.8 Å². The second-order valence-corrected chi connectivity index (χ2v) is 1.89. The first-order valence-electron chi connectivity index (χ1n) is 3.08. The zero-order valence-electron chi connectivity index (χ0n) is 5.76. The summed E-state index contributed by atoms with van der Waals surface area (Å²) in [6.45, 7) is 2.96. The maximum Gasteiger partial charge on any atom is 0.107 e. The van der Waals surface area contributed by atoms with Gasteiger partial charge >= 0.3 is 0 Å². The third-order valence-corrected chi connectivity index (χ3v) is 1.04. The van der Waals surface area contributed by atoms with Crippen molar-refractivity contribution in [1.82, 2.24) is 0 Å². The van der Waals surface area contributed by atoms with Crippen molar-refractivity contribution >= 4 is 0 Å². The zero-order valence-corrected chi connectivity index (χ0v) is 5.76. The Morgan fingerprint density at radius 3 is 2.89 bits per heavy atom. The molecule has 2 N–H and O–H groups in total. The fourth-order valence-corrected chi connectivity index (χ4v) is 0.387. The highest BCUT2D eigenvalue weighted by molar-refractivity contribution is 4.83. The molecule has 0 fully saturated rings. The summed E-state index contributed by atoms with van der Waals surface area (Å²) in [6, 6.07) is 0.137. The molecule has 0 aromatic carbocycles. The standard InChI is InChI=1S/C7H13NO/c1-3-5-9-6-7(8)4-2/h1,7H,4-6,8H2,2H3. The summed E-state index contributed by atoms with van der Waals surface area (Å²) in [7, 11) is 0. The Hall–Kier alpha value is -0.520. The molecule has 0 aliphatic rings. The summed E-state index contributed by atoms with van der Waals surface area (Å²) in [5.74, 6) is 2.37. The number of hydrogen-bond acceptors (Lipinski definition) is 2. The molecule has 0 aliphatic carbocycles. The normalized spacial score (nSPS) is 12.6. The molecule has 0 aromatic rings. The zero-order chi connectivity index (χ0) is 7.11. The van der Waals surface area contributed by atoms with Gasteiger partial charge < -0.3 is 10.5 Å². The van der Waals surface area contributed by atoms with E-state index < -0.39 is 0 Å². The lowest BCUT2D eigenvalue weighted by Crippen LogP contribution is -2.24. The van der Waals surface area contributed by atoms with Crippen LogP contribution in [0, 0.1) is 12.3 Å². The van der Waals surface area contributed by atoms with E-state index in [9.17, 15) is 0 Å². The van der Waals surface area contributed by atoms with E-state index in [0.29, 0.717) is 13.2 Å². The van der Waals surface area contributed by atoms with Crippen LogP contribution in [0.15, 0.2) is 0 Å². The first kappa shape index (κ1) is 8.48. The molecule has 0 rings (SSSR count). The lowest BCUT2D eigenvalue weighted by molar-refractivity contribution is 0.150. The molecule has 0 aliphatic heterocycles. The van der Waals surface area contributed by atoms with Crippen LogP contribution in [-0.2, 0) is 4.74 Å². The van der Waals surface area contributed by atoms with Crippen molar-refractivity contribution in [3.05, 3.63) is 0 Å². The number of hydrogen-bond donors (Lipinski definition) is 1. The summed E-state index contributed by atoms with van der Waals surface area (Å²) in [5, 5.41) is 0. The molecule has 0 amide bonds. The predicted octanol–water partition coefficient (Wildman–Crippen LogP) is 0.373. The van der Waals surface area contributed by atoms with E-state index in [4.69, 9.17) is 16.9 Å². The van der Waals surface area contributed by atoms with Gasteiger partial charge in [0.15, 0.2) is 0 Å². The quantitative estimate of drug-likeness (QED) is 0.437. The van der Waals surface area contributed by atoms with Gasteiger partial charge in [-0.15, -0.1) is 6.42 Å². The van der Waals surface area contributed by atoms with Gasteiger partial charge in [0.2, 0.25) is 0 Å². The van der Waals surface area contributed by atoms with Crippen LogP contribution in [0.3, 0.4) is 0 Å².